The average molecular weight is 379 g/mol. The molecule has 1 atom stereocenters. The second-order valence-corrected chi connectivity index (χ2v) is 6.18. The molecule has 26 heavy (non-hydrogen) atoms. The van der Waals surface area contributed by atoms with Gasteiger partial charge in [0, 0.05) is 12.6 Å². The van der Waals surface area contributed by atoms with Crippen LogP contribution in [0.15, 0.2) is 6.07 Å². The Hall–Kier alpha value is -2.10. The molecule has 1 amide bonds. The molecule has 6 nitrogen and oxygen atoms in total. The Kier molecular flexibility index (Phi) is 6.27. The molecule has 2 heterocycles. The van der Waals surface area contributed by atoms with E-state index in [-0.39, 0.29) is 29.9 Å². The molecule has 1 aromatic rings. The van der Waals surface area contributed by atoms with E-state index in [4.69, 9.17) is 4.74 Å². The van der Waals surface area contributed by atoms with Crippen LogP contribution < -0.4 is 9.47 Å². The summed E-state index contributed by atoms with van der Waals surface area (Å²) in [6, 6.07) is 0.734. The van der Waals surface area contributed by atoms with Crippen molar-refractivity contribution in [2.75, 3.05) is 34.4 Å². The Balaban J connectivity index is 2.13. The van der Waals surface area contributed by atoms with Crippen molar-refractivity contribution in [1.29, 1.82) is 0 Å². The highest BCUT2D eigenvalue weighted by atomic mass is 19.4. The molecular formula is C16H21F4N3O3. The second kappa shape index (κ2) is 8.07. The lowest BCUT2D eigenvalue weighted by Crippen LogP contribution is -2.42. The number of pyridine rings is 1. The molecule has 146 valence electrons. The Morgan fingerprint density at radius 1 is 1.42 bits per heavy atom. The fourth-order valence-corrected chi connectivity index (χ4v) is 2.85. The molecule has 1 fully saturated rings. The number of ether oxygens (including phenoxy) is 2. The summed E-state index contributed by atoms with van der Waals surface area (Å²) < 4.78 is 60.1. The maximum atomic E-state index is 14.0. The van der Waals surface area contributed by atoms with Gasteiger partial charge in [-0.15, -0.1) is 0 Å². The summed E-state index contributed by atoms with van der Waals surface area (Å²) in [5.74, 6) is -2.07. The van der Waals surface area contributed by atoms with Crippen LogP contribution in [0.25, 0.3) is 0 Å². The van der Waals surface area contributed by atoms with Gasteiger partial charge >= 0.3 is 6.18 Å². The Morgan fingerprint density at radius 3 is 2.65 bits per heavy atom. The Morgan fingerprint density at radius 2 is 2.12 bits per heavy atom. The van der Waals surface area contributed by atoms with E-state index in [2.05, 4.69) is 9.72 Å². The summed E-state index contributed by atoms with van der Waals surface area (Å²) in [5, 5.41) is 0. The van der Waals surface area contributed by atoms with Crippen LogP contribution in [0.4, 0.5) is 17.6 Å². The summed E-state index contributed by atoms with van der Waals surface area (Å²) in [6.07, 6.45) is -2.95. The quantitative estimate of drug-likeness (QED) is 0.710. The maximum Gasteiger partial charge on any atom is 0.422 e. The van der Waals surface area contributed by atoms with E-state index < -0.39 is 24.5 Å². The summed E-state index contributed by atoms with van der Waals surface area (Å²) in [6.45, 7) is -0.823. The number of hydrogen-bond acceptors (Lipinski definition) is 5. The molecule has 0 bridgehead atoms. The number of alkyl halides is 3. The zero-order valence-electron chi connectivity index (χ0n) is 14.8. The first-order valence-corrected chi connectivity index (χ1v) is 8.00. The van der Waals surface area contributed by atoms with Crippen LogP contribution in [0.3, 0.4) is 0 Å². The molecule has 10 heteroatoms. The first-order valence-electron chi connectivity index (χ1n) is 8.00. The smallest absolute Gasteiger partial charge is 0.422 e. The van der Waals surface area contributed by atoms with E-state index in [9.17, 15) is 22.4 Å². The van der Waals surface area contributed by atoms with E-state index in [0.717, 1.165) is 25.5 Å². The van der Waals surface area contributed by atoms with Gasteiger partial charge in [0.1, 0.15) is 0 Å². The number of amides is 1. The van der Waals surface area contributed by atoms with Gasteiger partial charge in [-0.05, 0) is 32.5 Å². The van der Waals surface area contributed by atoms with Gasteiger partial charge in [-0.25, -0.2) is 4.39 Å². The number of hydrogen-bond donors (Lipinski definition) is 0. The fourth-order valence-electron chi connectivity index (χ4n) is 2.85. The highest BCUT2D eigenvalue weighted by Crippen LogP contribution is 2.27. The van der Waals surface area contributed by atoms with Crippen molar-refractivity contribution in [3.63, 3.8) is 0 Å². The number of nitrogens with zero attached hydrogens (tertiary/aromatic N) is 3. The number of rotatable bonds is 6. The zero-order valence-corrected chi connectivity index (χ0v) is 14.8. The third-order valence-electron chi connectivity index (χ3n) is 4.14. The Labute approximate surface area is 148 Å². The number of carbonyl (C=O) groups is 1. The van der Waals surface area contributed by atoms with Crippen molar-refractivity contribution < 1.29 is 31.8 Å². The minimum atomic E-state index is -4.61. The topological polar surface area (TPSA) is 54.9 Å². The van der Waals surface area contributed by atoms with Crippen LogP contribution in [0, 0.1) is 5.82 Å². The third kappa shape index (κ3) is 4.96. The minimum Gasteiger partial charge on any atom is -0.481 e. The van der Waals surface area contributed by atoms with E-state index in [1.165, 1.54) is 12.0 Å². The van der Waals surface area contributed by atoms with E-state index in [1.807, 2.05) is 11.9 Å². The molecule has 0 unspecified atom stereocenters. The zero-order chi connectivity index (χ0) is 19.5. The number of carbonyl (C=O) groups excluding carboxylic acids is 1. The highest BCUT2D eigenvalue weighted by Gasteiger charge is 2.31. The number of likely N-dealkylation sites (N-methyl/N-ethyl adjacent to an activating group) is 2. The first-order chi connectivity index (χ1) is 12.1. The van der Waals surface area contributed by atoms with Crippen LogP contribution in [0.5, 0.6) is 11.8 Å². The standard InChI is InChI=1S/C16H21F4N3O3/c1-22-6-4-5-12(22)15(24)23(2)8-10-7-11(17)14(21-13(10)25-3)26-9-16(18,19)20/h7,12H,4-6,8-9H2,1-3H3/t12-/m0/s1. The minimum absolute atomic E-state index is 0.00974. The van der Waals surface area contributed by atoms with E-state index in [1.54, 1.807) is 7.05 Å². The molecule has 0 radical (unpaired) electrons. The van der Waals surface area contributed by atoms with Crippen LogP contribution in [0.2, 0.25) is 0 Å². The van der Waals surface area contributed by atoms with Gasteiger partial charge in [-0.2, -0.15) is 18.2 Å². The van der Waals surface area contributed by atoms with Gasteiger partial charge in [0.2, 0.25) is 11.8 Å². The number of likely N-dealkylation sites (tertiary alicyclic amines) is 1. The lowest BCUT2D eigenvalue weighted by Gasteiger charge is -2.25. The third-order valence-corrected chi connectivity index (χ3v) is 4.14. The fraction of sp³-hybridized carbons (Fsp3) is 0.625. The molecule has 1 aliphatic rings. The van der Waals surface area contributed by atoms with Gasteiger partial charge in [0.15, 0.2) is 12.4 Å². The van der Waals surface area contributed by atoms with Crippen molar-refractivity contribution in [2.24, 2.45) is 0 Å². The summed E-state index contributed by atoms with van der Waals surface area (Å²) >= 11 is 0. The van der Waals surface area contributed by atoms with E-state index in [0.29, 0.717) is 0 Å². The van der Waals surface area contributed by atoms with Crippen molar-refractivity contribution in [2.45, 2.75) is 31.6 Å². The van der Waals surface area contributed by atoms with Crippen molar-refractivity contribution >= 4 is 5.91 Å². The van der Waals surface area contributed by atoms with Gasteiger partial charge in [0.25, 0.3) is 5.88 Å². The molecule has 0 N–H and O–H groups in total. The molecule has 1 aliphatic heterocycles. The normalized spacial score (nSPS) is 18.0. The second-order valence-electron chi connectivity index (χ2n) is 6.18. The van der Waals surface area contributed by atoms with Crippen LogP contribution in [-0.2, 0) is 11.3 Å². The summed E-state index contributed by atoms with van der Waals surface area (Å²) in [5.41, 5.74) is 0.237. The van der Waals surface area contributed by atoms with Crippen molar-refractivity contribution in [3.05, 3.63) is 17.4 Å². The monoisotopic (exact) mass is 379 g/mol. The molecular weight excluding hydrogens is 358 g/mol. The summed E-state index contributed by atoms with van der Waals surface area (Å²) in [7, 11) is 4.68. The molecule has 1 saturated heterocycles. The lowest BCUT2D eigenvalue weighted by molar-refractivity contribution is -0.154. The maximum absolute atomic E-state index is 14.0. The average Bonchev–Trinajstić information content (AvgIpc) is 2.98. The van der Waals surface area contributed by atoms with Crippen LogP contribution >= 0.6 is 0 Å². The SMILES string of the molecule is COc1nc(OCC(F)(F)F)c(F)cc1CN(C)C(=O)[C@@H]1CCCN1C. The molecule has 0 spiro atoms. The first kappa shape index (κ1) is 20.2. The van der Waals surface area contributed by atoms with Crippen molar-refractivity contribution in [3.8, 4) is 11.8 Å². The van der Waals surface area contributed by atoms with Crippen molar-refractivity contribution in [1.82, 2.24) is 14.8 Å². The molecule has 0 saturated carbocycles. The van der Waals surface area contributed by atoms with E-state index >= 15 is 0 Å². The predicted octanol–water partition coefficient (Wildman–Crippen LogP) is 2.22. The van der Waals surface area contributed by atoms with Gasteiger partial charge in [-0.1, -0.05) is 0 Å². The summed E-state index contributed by atoms with van der Waals surface area (Å²) in [4.78, 5) is 19.5. The molecule has 0 aliphatic carbocycles. The largest absolute Gasteiger partial charge is 0.481 e. The van der Waals surface area contributed by atoms with Crippen LogP contribution in [-0.4, -0.2) is 67.3 Å². The molecule has 2 rings (SSSR count). The van der Waals surface area contributed by atoms with Crippen LogP contribution in [0.1, 0.15) is 18.4 Å². The number of methoxy groups -OCH3 is 1. The number of halogens is 4. The van der Waals surface area contributed by atoms with Gasteiger partial charge in [-0.3, -0.25) is 9.69 Å². The Bertz CT molecular complexity index is 654. The number of aromatic nitrogens is 1. The van der Waals surface area contributed by atoms with Gasteiger partial charge < -0.3 is 14.4 Å². The highest BCUT2D eigenvalue weighted by molar-refractivity contribution is 5.82. The lowest BCUT2D eigenvalue weighted by atomic mass is 10.1. The molecule has 0 aromatic carbocycles. The predicted molar refractivity (Wildman–Crippen MR) is 84.4 cm³/mol. The van der Waals surface area contributed by atoms with Gasteiger partial charge in [0.05, 0.1) is 19.7 Å². The molecule has 1 aromatic heterocycles.